The second-order valence-electron chi connectivity index (χ2n) is 7.29. The van der Waals surface area contributed by atoms with E-state index < -0.39 is 0 Å². The molecule has 1 heterocycles. The van der Waals surface area contributed by atoms with Crippen LogP contribution in [0.25, 0.3) is 10.9 Å². The molecule has 1 N–H and O–H groups in total. The van der Waals surface area contributed by atoms with Crippen LogP contribution in [0.15, 0.2) is 91.0 Å². The Bertz CT molecular complexity index is 1070. The van der Waals surface area contributed by atoms with Crippen molar-refractivity contribution in [3.8, 4) is 0 Å². The molecule has 29 heavy (non-hydrogen) atoms. The molecule has 1 amide bonds. The van der Waals surface area contributed by atoms with E-state index in [4.69, 9.17) is 0 Å². The maximum absolute atomic E-state index is 12.9. The first kappa shape index (κ1) is 18.9. The molecule has 0 unspecified atom stereocenters. The summed E-state index contributed by atoms with van der Waals surface area (Å²) in [6, 6.07) is 30.6. The SMILES string of the molecule is Cc1cc(CNC(=O)CC(c2ccccc2)c2ccccc2)c2ccccc2n1. The van der Waals surface area contributed by atoms with E-state index in [2.05, 4.69) is 46.7 Å². The normalized spacial score (nSPS) is 11.0. The number of benzene rings is 3. The minimum Gasteiger partial charge on any atom is -0.352 e. The van der Waals surface area contributed by atoms with Crippen LogP contribution in [0.4, 0.5) is 0 Å². The summed E-state index contributed by atoms with van der Waals surface area (Å²) in [5, 5.41) is 4.21. The predicted molar refractivity (Wildman–Crippen MR) is 118 cm³/mol. The molecule has 0 aliphatic rings. The Hall–Kier alpha value is -3.46. The van der Waals surface area contributed by atoms with Gasteiger partial charge in [0.1, 0.15) is 0 Å². The first-order valence-electron chi connectivity index (χ1n) is 9.92. The average molecular weight is 380 g/mol. The zero-order valence-electron chi connectivity index (χ0n) is 16.5. The van der Waals surface area contributed by atoms with Gasteiger partial charge >= 0.3 is 0 Å². The zero-order valence-corrected chi connectivity index (χ0v) is 16.5. The summed E-state index contributed by atoms with van der Waals surface area (Å²) in [6.07, 6.45) is 0.413. The van der Waals surface area contributed by atoms with E-state index in [1.807, 2.05) is 61.5 Å². The number of rotatable bonds is 6. The molecule has 144 valence electrons. The van der Waals surface area contributed by atoms with E-state index in [0.717, 1.165) is 33.3 Å². The summed E-state index contributed by atoms with van der Waals surface area (Å²) >= 11 is 0. The number of aromatic nitrogens is 1. The second-order valence-corrected chi connectivity index (χ2v) is 7.29. The first-order chi connectivity index (χ1) is 14.2. The summed E-state index contributed by atoms with van der Waals surface area (Å²) in [5.74, 6) is 0.0783. The molecule has 3 heteroatoms. The fourth-order valence-electron chi connectivity index (χ4n) is 3.79. The molecule has 0 bridgehead atoms. The summed E-state index contributed by atoms with van der Waals surface area (Å²) < 4.78 is 0. The molecule has 0 saturated carbocycles. The number of aryl methyl sites for hydroxylation is 1. The number of nitrogens with one attached hydrogen (secondary N) is 1. The van der Waals surface area contributed by atoms with Gasteiger partial charge in [0.25, 0.3) is 0 Å². The molecule has 0 radical (unpaired) electrons. The van der Waals surface area contributed by atoms with Crippen molar-refractivity contribution in [1.82, 2.24) is 10.3 Å². The summed E-state index contributed by atoms with van der Waals surface area (Å²) in [7, 11) is 0. The first-order valence-corrected chi connectivity index (χ1v) is 9.92. The lowest BCUT2D eigenvalue weighted by Crippen LogP contribution is -2.25. The van der Waals surface area contributed by atoms with Gasteiger partial charge in [-0.1, -0.05) is 78.9 Å². The lowest BCUT2D eigenvalue weighted by atomic mass is 9.88. The molecular weight excluding hydrogens is 356 g/mol. The van der Waals surface area contributed by atoms with E-state index in [9.17, 15) is 4.79 Å². The van der Waals surface area contributed by atoms with E-state index >= 15 is 0 Å². The Morgan fingerprint density at radius 3 is 2.10 bits per heavy atom. The largest absolute Gasteiger partial charge is 0.352 e. The van der Waals surface area contributed by atoms with Crippen LogP contribution >= 0.6 is 0 Å². The third-order valence-electron chi connectivity index (χ3n) is 5.20. The highest BCUT2D eigenvalue weighted by Crippen LogP contribution is 2.28. The molecule has 4 rings (SSSR count). The van der Waals surface area contributed by atoms with Gasteiger partial charge in [-0.15, -0.1) is 0 Å². The highest BCUT2D eigenvalue weighted by Gasteiger charge is 2.18. The third-order valence-corrected chi connectivity index (χ3v) is 5.20. The number of hydrogen-bond acceptors (Lipinski definition) is 2. The summed E-state index contributed by atoms with van der Waals surface area (Å²) in [4.78, 5) is 17.4. The number of para-hydroxylation sites is 1. The van der Waals surface area contributed by atoms with Crippen LogP contribution in [0.2, 0.25) is 0 Å². The Labute approximate surface area is 171 Å². The van der Waals surface area contributed by atoms with Crippen LogP contribution in [0, 0.1) is 6.92 Å². The standard InChI is InChI=1S/C26H24N2O/c1-19-16-22(23-14-8-9-15-25(23)28-19)18-27-26(29)17-24(20-10-4-2-5-11-20)21-12-6-3-7-13-21/h2-16,24H,17-18H2,1H3,(H,27,29). The number of carbonyl (C=O) groups excluding carboxylic acids is 1. The number of hydrogen-bond donors (Lipinski definition) is 1. The van der Waals surface area contributed by atoms with E-state index in [1.165, 1.54) is 0 Å². The Kier molecular flexibility index (Phi) is 5.66. The molecule has 3 nitrogen and oxygen atoms in total. The van der Waals surface area contributed by atoms with Crippen molar-refractivity contribution in [1.29, 1.82) is 0 Å². The highest BCUT2D eigenvalue weighted by atomic mass is 16.1. The van der Waals surface area contributed by atoms with Gasteiger partial charge in [-0.05, 0) is 35.7 Å². The molecule has 0 atom stereocenters. The predicted octanol–water partition coefficient (Wildman–Crippen LogP) is 5.38. The minimum absolute atomic E-state index is 0.0355. The molecule has 0 fully saturated rings. The minimum atomic E-state index is 0.0355. The average Bonchev–Trinajstić information content (AvgIpc) is 2.77. The second kappa shape index (κ2) is 8.70. The summed E-state index contributed by atoms with van der Waals surface area (Å²) in [5.41, 5.74) is 5.32. The quantitative estimate of drug-likeness (QED) is 0.488. The van der Waals surface area contributed by atoms with Crippen LogP contribution in [0.3, 0.4) is 0 Å². The fraction of sp³-hybridized carbons (Fsp3) is 0.154. The highest BCUT2D eigenvalue weighted by molar-refractivity contribution is 5.83. The molecule has 0 aliphatic heterocycles. The van der Waals surface area contributed by atoms with Gasteiger partial charge in [0.05, 0.1) is 5.52 Å². The number of nitrogens with zero attached hydrogens (tertiary/aromatic N) is 1. The van der Waals surface area contributed by atoms with Crippen molar-refractivity contribution in [2.24, 2.45) is 0 Å². The van der Waals surface area contributed by atoms with Crippen LogP contribution in [-0.2, 0) is 11.3 Å². The van der Waals surface area contributed by atoms with E-state index in [-0.39, 0.29) is 11.8 Å². The van der Waals surface area contributed by atoms with Crippen molar-refractivity contribution in [2.45, 2.75) is 25.8 Å². The number of pyridine rings is 1. The van der Waals surface area contributed by atoms with Gasteiger partial charge in [0.2, 0.25) is 5.91 Å². The monoisotopic (exact) mass is 380 g/mol. The molecule has 0 saturated heterocycles. The fourth-order valence-corrected chi connectivity index (χ4v) is 3.79. The Balaban J connectivity index is 1.52. The topological polar surface area (TPSA) is 42.0 Å². The maximum Gasteiger partial charge on any atom is 0.221 e. The molecule has 0 aliphatic carbocycles. The van der Waals surface area contributed by atoms with Crippen molar-refractivity contribution in [3.05, 3.63) is 113 Å². The van der Waals surface area contributed by atoms with Crippen molar-refractivity contribution >= 4 is 16.8 Å². The molecule has 1 aromatic heterocycles. The smallest absolute Gasteiger partial charge is 0.221 e. The van der Waals surface area contributed by atoms with Gasteiger partial charge in [-0.2, -0.15) is 0 Å². The number of amides is 1. The van der Waals surface area contributed by atoms with Crippen LogP contribution in [0.1, 0.15) is 34.7 Å². The molecular formula is C26H24N2O. The third kappa shape index (κ3) is 4.52. The Morgan fingerprint density at radius 1 is 0.862 bits per heavy atom. The molecule has 4 aromatic rings. The van der Waals surface area contributed by atoms with E-state index in [0.29, 0.717) is 13.0 Å². The number of carbonyl (C=O) groups is 1. The van der Waals surface area contributed by atoms with Crippen LogP contribution in [0.5, 0.6) is 0 Å². The van der Waals surface area contributed by atoms with Gasteiger partial charge in [-0.25, -0.2) is 0 Å². The lowest BCUT2D eigenvalue weighted by Gasteiger charge is -2.18. The maximum atomic E-state index is 12.9. The van der Waals surface area contributed by atoms with Gasteiger partial charge in [0.15, 0.2) is 0 Å². The number of fused-ring (bicyclic) bond motifs is 1. The van der Waals surface area contributed by atoms with Crippen molar-refractivity contribution in [3.63, 3.8) is 0 Å². The van der Waals surface area contributed by atoms with Crippen molar-refractivity contribution in [2.75, 3.05) is 0 Å². The van der Waals surface area contributed by atoms with Crippen LogP contribution < -0.4 is 5.32 Å². The van der Waals surface area contributed by atoms with Gasteiger partial charge in [0, 0.05) is 30.0 Å². The van der Waals surface area contributed by atoms with Gasteiger partial charge < -0.3 is 5.32 Å². The molecule has 0 spiro atoms. The van der Waals surface area contributed by atoms with E-state index in [1.54, 1.807) is 0 Å². The molecule has 3 aromatic carbocycles. The van der Waals surface area contributed by atoms with Crippen molar-refractivity contribution < 1.29 is 4.79 Å². The summed E-state index contributed by atoms with van der Waals surface area (Å²) in [6.45, 7) is 2.48. The van der Waals surface area contributed by atoms with Gasteiger partial charge in [-0.3, -0.25) is 9.78 Å². The Morgan fingerprint density at radius 2 is 1.45 bits per heavy atom. The lowest BCUT2D eigenvalue weighted by molar-refractivity contribution is -0.121. The van der Waals surface area contributed by atoms with Crippen LogP contribution in [-0.4, -0.2) is 10.9 Å². The zero-order chi connectivity index (χ0) is 20.1.